The standard InChI is InChI=1S/C10H14N2.2C7H6O3.Cu/c1-12-7-3-5-10(12)9-4-2-6-11-8-9;2*8-6-4-2-1-3-5(6)7(9)10;/h2,4,6,8,10H,3,5,7H2,1H3;2*1-4,8H,(H,9,10);/q;;;+2/p-2/t10-;;;/m0.../s1. The molecule has 1 saturated heterocycles. The second-order valence-electron chi connectivity index (χ2n) is 7.03. The molecule has 1 fully saturated rings. The zero-order valence-corrected chi connectivity index (χ0v) is 18.8. The van der Waals surface area contributed by atoms with Crippen LogP contribution >= 0.6 is 0 Å². The van der Waals surface area contributed by atoms with Crippen molar-refractivity contribution in [1.29, 1.82) is 0 Å². The van der Waals surface area contributed by atoms with Gasteiger partial charge in [0.05, 0.1) is 11.1 Å². The van der Waals surface area contributed by atoms with Crippen LogP contribution in [0.15, 0.2) is 73.1 Å². The fraction of sp³-hybridized carbons (Fsp3) is 0.208. The Kier molecular flexibility index (Phi) is 11.6. The van der Waals surface area contributed by atoms with E-state index in [1.54, 1.807) is 0 Å². The number of hydrogen-bond acceptors (Lipinski definition) is 6. The number of para-hydroxylation sites is 2. The van der Waals surface area contributed by atoms with Gasteiger partial charge in [-0.2, -0.15) is 0 Å². The number of carboxylic acids is 2. The minimum atomic E-state index is -1.18. The number of aromatic carboxylic acids is 2. The van der Waals surface area contributed by atoms with Gasteiger partial charge in [-0.1, -0.05) is 54.0 Å². The third kappa shape index (κ3) is 8.57. The van der Waals surface area contributed by atoms with Crippen LogP contribution in [-0.4, -0.2) is 45.6 Å². The van der Waals surface area contributed by atoms with Gasteiger partial charge in [0.2, 0.25) is 0 Å². The van der Waals surface area contributed by atoms with Gasteiger partial charge < -0.3 is 20.4 Å². The second kappa shape index (κ2) is 13.9. The molecule has 0 unspecified atom stereocenters. The van der Waals surface area contributed by atoms with Gasteiger partial charge in [-0.25, -0.2) is 9.59 Å². The van der Waals surface area contributed by atoms with Crippen molar-refractivity contribution in [2.75, 3.05) is 13.6 Å². The molecule has 0 saturated carbocycles. The fourth-order valence-corrected chi connectivity index (χ4v) is 3.19. The second-order valence-corrected chi connectivity index (χ2v) is 7.03. The molecule has 3 aromatic rings. The van der Waals surface area contributed by atoms with E-state index >= 15 is 0 Å². The summed E-state index contributed by atoms with van der Waals surface area (Å²) in [4.78, 5) is 27.0. The molecule has 8 nitrogen and oxygen atoms in total. The van der Waals surface area contributed by atoms with Crippen LogP contribution in [0.5, 0.6) is 11.5 Å². The van der Waals surface area contributed by atoms with Gasteiger partial charge in [0.25, 0.3) is 0 Å². The van der Waals surface area contributed by atoms with E-state index in [1.165, 1.54) is 73.5 Å². The van der Waals surface area contributed by atoms with Crippen molar-refractivity contribution >= 4 is 11.9 Å². The molecular formula is C24H24CuN2O6. The average Bonchev–Trinajstić information content (AvgIpc) is 3.21. The van der Waals surface area contributed by atoms with Crippen LogP contribution in [0.4, 0.5) is 0 Å². The Morgan fingerprint density at radius 1 is 0.909 bits per heavy atom. The van der Waals surface area contributed by atoms with Crippen molar-refractivity contribution in [3.8, 4) is 11.5 Å². The summed E-state index contributed by atoms with van der Waals surface area (Å²) in [5, 5.41) is 38.1. The average molecular weight is 500 g/mol. The zero-order chi connectivity index (χ0) is 23.5. The Morgan fingerprint density at radius 3 is 1.76 bits per heavy atom. The minimum absolute atomic E-state index is 0. The van der Waals surface area contributed by atoms with Gasteiger partial charge in [-0.15, -0.1) is 0 Å². The Labute approximate surface area is 202 Å². The third-order valence-electron chi connectivity index (χ3n) is 4.82. The Morgan fingerprint density at radius 2 is 1.42 bits per heavy atom. The number of hydrogen-bond donors (Lipinski definition) is 2. The molecule has 1 atom stereocenters. The van der Waals surface area contributed by atoms with E-state index in [1.807, 2.05) is 18.5 Å². The van der Waals surface area contributed by atoms with Crippen molar-refractivity contribution in [2.24, 2.45) is 0 Å². The first kappa shape index (κ1) is 27.6. The smallest absolute Gasteiger partial charge is 0.872 e. The maximum absolute atomic E-state index is 10.7. The molecule has 0 amide bonds. The Balaban J connectivity index is 0.000000246. The van der Waals surface area contributed by atoms with Crippen LogP contribution in [-0.2, 0) is 17.1 Å². The summed E-state index contributed by atoms with van der Waals surface area (Å²) < 4.78 is 0. The van der Waals surface area contributed by atoms with Gasteiger partial charge in [-0.05, 0) is 50.2 Å². The number of benzene rings is 2. The summed E-state index contributed by atoms with van der Waals surface area (Å²) >= 11 is 0. The van der Waals surface area contributed by atoms with Crippen LogP contribution in [0.25, 0.3) is 0 Å². The molecule has 4 rings (SSSR count). The molecule has 2 N–H and O–H groups in total. The van der Waals surface area contributed by atoms with Crippen LogP contribution in [0.3, 0.4) is 0 Å². The number of rotatable bonds is 3. The molecule has 2 aromatic carbocycles. The van der Waals surface area contributed by atoms with E-state index in [9.17, 15) is 19.8 Å². The van der Waals surface area contributed by atoms with Crippen LogP contribution < -0.4 is 10.2 Å². The molecule has 2 heterocycles. The van der Waals surface area contributed by atoms with E-state index in [4.69, 9.17) is 10.2 Å². The molecule has 1 aliphatic heterocycles. The first-order chi connectivity index (χ1) is 15.3. The molecule has 33 heavy (non-hydrogen) atoms. The quantitative estimate of drug-likeness (QED) is 0.525. The van der Waals surface area contributed by atoms with Crippen molar-refractivity contribution in [2.45, 2.75) is 18.9 Å². The van der Waals surface area contributed by atoms with Crippen molar-refractivity contribution in [3.63, 3.8) is 0 Å². The van der Waals surface area contributed by atoms with E-state index < -0.39 is 23.4 Å². The Bertz CT molecular complexity index is 977. The van der Waals surface area contributed by atoms with E-state index in [0.29, 0.717) is 6.04 Å². The first-order valence-corrected chi connectivity index (χ1v) is 9.90. The first-order valence-electron chi connectivity index (χ1n) is 9.90. The molecule has 0 bridgehead atoms. The van der Waals surface area contributed by atoms with E-state index in [0.717, 1.165) is 0 Å². The van der Waals surface area contributed by atoms with Gasteiger partial charge in [-0.3, -0.25) is 9.88 Å². The maximum Gasteiger partial charge on any atom is 2.00 e. The number of aromatic nitrogens is 1. The SMILES string of the molecule is CN1CCC[C@H]1c1cccnc1.O=C(O)c1ccccc1[O-].O=C(O)c1ccccc1[O-].[Cu+2]. The number of pyridine rings is 1. The van der Waals surface area contributed by atoms with Gasteiger partial charge in [0.1, 0.15) is 0 Å². The number of carbonyl (C=O) groups is 2. The summed E-state index contributed by atoms with van der Waals surface area (Å²) in [6.07, 6.45) is 6.41. The topological polar surface area (TPSA) is 137 Å². The molecule has 177 valence electrons. The molecular weight excluding hydrogens is 476 g/mol. The number of likely N-dealkylation sites (tertiary alicyclic amines) is 1. The van der Waals surface area contributed by atoms with Crippen LogP contribution in [0.1, 0.15) is 45.2 Å². The maximum atomic E-state index is 10.7. The molecule has 0 spiro atoms. The van der Waals surface area contributed by atoms with E-state index in [-0.39, 0.29) is 28.2 Å². The predicted octanol–water partition coefficient (Wildman–Crippen LogP) is 2.76. The van der Waals surface area contributed by atoms with Gasteiger partial charge in [0.15, 0.2) is 0 Å². The summed E-state index contributed by atoms with van der Waals surface area (Å²) in [5.41, 5.74) is 1.00. The molecule has 1 aliphatic rings. The molecule has 0 aliphatic carbocycles. The molecule has 9 heteroatoms. The van der Waals surface area contributed by atoms with Crippen molar-refractivity contribution in [1.82, 2.24) is 9.88 Å². The fourth-order valence-electron chi connectivity index (χ4n) is 3.19. The largest absolute Gasteiger partial charge is 2.00 e. The van der Waals surface area contributed by atoms with Crippen molar-refractivity contribution in [3.05, 3.63) is 89.7 Å². The third-order valence-corrected chi connectivity index (χ3v) is 4.82. The summed E-state index contributed by atoms with van der Waals surface area (Å²) in [7, 11) is 2.19. The van der Waals surface area contributed by atoms with E-state index in [2.05, 4.69) is 23.0 Å². The minimum Gasteiger partial charge on any atom is -0.872 e. The van der Waals surface area contributed by atoms with Gasteiger partial charge >= 0.3 is 29.0 Å². The van der Waals surface area contributed by atoms with Gasteiger partial charge in [0, 0.05) is 18.4 Å². The normalized spacial score (nSPS) is 14.5. The predicted molar refractivity (Wildman–Crippen MR) is 115 cm³/mol. The molecule has 1 radical (unpaired) electrons. The van der Waals surface area contributed by atoms with Crippen LogP contribution in [0, 0.1) is 0 Å². The monoisotopic (exact) mass is 499 g/mol. The summed E-state index contributed by atoms with van der Waals surface area (Å²) in [6.45, 7) is 1.22. The molecule has 1 aromatic heterocycles. The Hall–Kier alpha value is -3.39. The van der Waals surface area contributed by atoms with Crippen molar-refractivity contribution < 1.29 is 47.1 Å². The number of carboxylic acid groups (broad SMARTS) is 2. The zero-order valence-electron chi connectivity index (χ0n) is 17.9. The van der Waals surface area contributed by atoms with Crippen LogP contribution in [0.2, 0.25) is 0 Å². The summed E-state index contributed by atoms with van der Waals surface area (Å²) in [5.74, 6) is -3.25. The summed E-state index contributed by atoms with van der Waals surface area (Å²) in [6, 6.07) is 15.9. The number of nitrogens with zero attached hydrogens (tertiary/aromatic N) is 2.